The summed E-state index contributed by atoms with van der Waals surface area (Å²) in [5.74, 6) is 0.0402. The van der Waals surface area contributed by atoms with Gasteiger partial charge in [0, 0.05) is 35.4 Å². The van der Waals surface area contributed by atoms with Gasteiger partial charge in [-0.05, 0) is 44.1 Å². The predicted molar refractivity (Wildman–Crippen MR) is 121 cm³/mol. The number of carbonyl (C=O) groups excluding carboxylic acids is 2. The SMILES string of the molecule is COc1ccc(C2C(C(=O)OC3CCCC3)=C(C)NC3=CC(C)(C)CC(=O)C32)c(OC)c1. The minimum atomic E-state index is -0.486. The van der Waals surface area contributed by atoms with Crippen molar-refractivity contribution in [2.24, 2.45) is 11.3 Å². The van der Waals surface area contributed by atoms with E-state index in [9.17, 15) is 9.59 Å². The first-order valence-corrected chi connectivity index (χ1v) is 11.4. The van der Waals surface area contributed by atoms with Crippen molar-refractivity contribution in [3.63, 3.8) is 0 Å². The van der Waals surface area contributed by atoms with Gasteiger partial charge in [0.25, 0.3) is 0 Å². The largest absolute Gasteiger partial charge is 0.497 e. The van der Waals surface area contributed by atoms with Crippen LogP contribution in [-0.4, -0.2) is 32.1 Å². The van der Waals surface area contributed by atoms with Gasteiger partial charge in [-0.15, -0.1) is 0 Å². The van der Waals surface area contributed by atoms with Crippen LogP contribution in [0.4, 0.5) is 0 Å². The van der Waals surface area contributed by atoms with Gasteiger partial charge >= 0.3 is 5.97 Å². The number of benzene rings is 1. The maximum atomic E-state index is 13.5. The van der Waals surface area contributed by atoms with Crippen LogP contribution < -0.4 is 14.8 Å². The number of ether oxygens (including phenoxy) is 3. The fraction of sp³-hybridized carbons (Fsp3) is 0.538. The third-order valence-electron chi connectivity index (χ3n) is 6.81. The number of Topliss-reactive ketones (excluding diaryl/α,β-unsaturated/α-hetero) is 1. The number of esters is 1. The topological polar surface area (TPSA) is 73.9 Å². The van der Waals surface area contributed by atoms with E-state index in [2.05, 4.69) is 25.2 Å². The molecular formula is C26H33NO5. The number of nitrogens with one attached hydrogen (secondary N) is 1. The highest BCUT2D eigenvalue weighted by molar-refractivity contribution is 5.96. The lowest BCUT2D eigenvalue weighted by molar-refractivity contribution is -0.144. The number of fused-ring (bicyclic) bond motifs is 1. The molecular weight excluding hydrogens is 406 g/mol. The number of carbonyl (C=O) groups is 2. The Morgan fingerprint density at radius 3 is 2.47 bits per heavy atom. The number of hydrogen-bond donors (Lipinski definition) is 1. The fourth-order valence-electron chi connectivity index (χ4n) is 5.37. The standard InChI is InChI=1S/C26H33NO5/c1-15-22(25(29)32-16-8-6-7-9-16)23(18-11-10-17(30-4)12-21(18)31-5)24-19(27-15)13-26(2,3)14-20(24)28/h10-13,16,23-24,27H,6-9,14H2,1-5H3. The molecule has 32 heavy (non-hydrogen) atoms. The minimum Gasteiger partial charge on any atom is -0.497 e. The molecule has 172 valence electrons. The maximum absolute atomic E-state index is 13.5. The van der Waals surface area contributed by atoms with Crippen LogP contribution in [0.15, 0.2) is 41.2 Å². The Bertz CT molecular complexity index is 984. The molecule has 1 heterocycles. The van der Waals surface area contributed by atoms with Gasteiger partial charge in [-0.25, -0.2) is 4.79 Å². The summed E-state index contributed by atoms with van der Waals surface area (Å²) in [7, 11) is 3.19. The molecule has 1 aromatic rings. The Kier molecular flexibility index (Phi) is 6.06. The average molecular weight is 440 g/mol. The Labute approximate surface area is 190 Å². The monoisotopic (exact) mass is 439 g/mol. The first-order chi connectivity index (χ1) is 15.2. The molecule has 0 bridgehead atoms. The van der Waals surface area contributed by atoms with Crippen LogP contribution in [0.2, 0.25) is 0 Å². The molecule has 3 aliphatic rings. The van der Waals surface area contributed by atoms with E-state index in [1.165, 1.54) is 0 Å². The van der Waals surface area contributed by atoms with E-state index in [0.717, 1.165) is 42.6 Å². The summed E-state index contributed by atoms with van der Waals surface area (Å²) in [4.78, 5) is 26.9. The lowest BCUT2D eigenvalue weighted by Gasteiger charge is -2.41. The van der Waals surface area contributed by atoms with Gasteiger partial charge in [-0.2, -0.15) is 0 Å². The summed E-state index contributed by atoms with van der Waals surface area (Å²) in [5, 5.41) is 3.37. The van der Waals surface area contributed by atoms with Crippen molar-refractivity contribution >= 4 is 11.8 Å². The van der Waals surface area contributed by atoms with Gasteiger partial charge in [0.2, 0.25) is 0 Å². The molecule has 0 spiro atoms. The van der Waals surface area contributed by atoms with Gasteiger partial charge < -0.3 is 19.5 Å². The molecule has 1 saturated carbocycles. The van der Waals surface area contributed by atoms with Gasteiger partial charge in [0.05, 0.1) is 25.7 Å². The van der Waals surface area contributed by atoms with Crippen LogP contribution in [0.25, 0.3) is 0 Å². The van der Waals surface area contributed by atoms with E-state index in [-0.39, 0.29) is 23.3 Å². The highest BCUT2D eigenvalue weighted by Crippen LogP contribution is 2.49. The first-order valence-electron chi connectivity index (χ1n) is 11.4. The molecule has 0 aromatic heterocycles. The van der Waals surface area contributed by atoms with Crippen molar-refractivity contribution < 1.29 is 23.8 Å². The first kappa shape index (κ1) is 22.4. The number of hydrogen-bond acceptors (Lipinski definition) is 6. The molecule has 1 N–H and O–H groups in total. The second-order valence-corrected chi connectivity index (χ2v) is 9.77. The molecule has 2 aliphatic carbocycles. The molecule has 2 atom stereocenters. The molecule has 0 amide bonds. The highest BCUT2D eigenvalue weighted by Gasteiger charge is 2.47. The summed E-state index contributed by atoms with van der Waals surface area (Å²) in [6.45, 7) is 6.00. The lowest BCUT2D eigenvalue weighted by atomic mass is 9.66. The van der Waals surface area contributed by atoms with Crippen LogP contribution in [0.3, 0.4) is 0 Å². The normalized spacial score (nSPS) is 25.0. The van der Waals surface area contributed by atoms with E-state index in [1.807, 2.05) is 19.1 Å². The van der Waals surface area contributed by atoms with E-state index < -0.39 is 11.8 Å². The number of methoxy groups -OCH3 is 2. The van der Waals surface area contributed by atoms with Gasteiger partial charge in [0.15, 0.2) is 0 Å². The van der Waals surface area contributed by atoms with E-state index >= 15 is 0 Å². The summed E-state index contributed by atoms with van der Waals surface area (Å²) in [6, 6.07) is 5.54. The Morgan fingerprint density at radius 1 is 1.09 bits per heavy atom. The quantitative estimate of drug-likeness (QED) is 0.674. The number of ketones is 1. The van der Waals surface area contributed by atoms with Crippen molar-refractivity contribution in [2.75, 3.05) is 14.2 Å². The second-order valence-electron chi connectivity index (χ2n) is 9.77. The third kappa shape index (κ3) is 4.15. The van der Waals surface area contributed by atoms with Crippen LogP contribution in [0.5, 0.6) is 11.5 Å². The molecule has 6 nitrogen and oxygen atoms in total. The minimum absolute atomic E-state index is 0.0563. The van der Waals surface area contributed by atoms with Crippen molar-refractivity contribution in [2.45, 2.75) is 64.9 Å². The molecule has 1 aromatic carbocycles. The Hall–Kier alpha value is -2.76. The lowest BCUT2D eigenvalue weighted by Crippen LogP contribution is -2.44. The maximum Gasteiger partial charge on any atom is 0.336 e. The van der Waals surface area contributed by atoms with Gasteiger partial charge in [0.1, 0.15) is 23.4 Å². The van der Waals surface area contributed by atoms with E-state index in [1.54, 1.807) is 20.3 Å². The second kappa shape index (κ2) is 8.64. The summed E-state index contributed by atoms with van der Waals surface area (Å²) in [6.07, 6.45) is 6.43. The number of rotatable bonds is 5. The molecule has 0 radical (unpaired) electrons. The zero-order valence-electron chi connectivity index (χ0n) is 19.6. The predicted octanol–water partition coefficient (Wildman–Crippen LogP) is 4.65. The zero-order chi connectivity index (χ0) is 23.0. The van der Waals surface area contributed by atoms with E-state index in [4.69, 9.17) is 14.2 Å². The smallest absolute Gasteiger partial charge is 0.336 e. The third-order valence-corrected chi connectivity index (χ3v) is 6.81. The molecule has 0 saturated heterocycles. The number of allylic oxidation sites excluding steroid dienone is 3. The summed E-state index contributed by atoms with van der Waals surface area (Å²) >= 11 is 0. The van der Waals surface area contributed by atoms with Gasteiger partial charge in [-0.1, -0.05) is 26.0 Å². The molecule has 1 fully saturated rings. The van der Waals surface area contributed by atoms with Crippen LogP contribution >= 0.6 is 0 Å². The molecule has 6 heteroatoms. The average Bonchev–Trinajstić information content (AvgIpc) is 3.24. The van der Waals surface area contributed by atoms with E-state index in [0.29, 0.717) is 23.5 Å². The molecule has 2 unspecified atom stereocenters. The van der Waals surface area contributed by atoms with Crippen LogP contribution in [0.1, 0.15) is 64.4 Å². The zero-order valence-corrected chi connectivity index (χ0v) is 19.6. The van der Waals surface area contributed by atoms with Crippen molar-refractivity contribution in [3.05, 3.63) is 46.8 Å². The summed E-state index contributed by atoms with van der Waals surface area (Å²) < 4.78 is 17.0. The van der Waals surface area contributed by atoms with Gasteiger partial charge in [-0.3, -0.25) is 4.79 Å². The van der Waals surface area contributed by atoms with Crippen molar-refractivity contribution in [1.82, 2.24) is 5.32 Å². The van der Waals surface area contributed by atoms with Crippen molar-refractivity contribution in [1.29, 1.82) is 0 Å². The van der Waals surface area contributed by atoms with Crippen LogP contribution in [-0.2, 0) is 14.3 Å². The highest BCUT2D eigenvalue weighted by atomic mass is 16.5. The molecule has 1 aliphatic heterocycles. The van der Waals surface area contributed by atoms with Crippen molar-refractivity contribution in [3.8, 4) is 11.5 Å². The Morgan fingerprint density at radius 2 is 1.81 bits per heavy atom. The fourth-order valence-corrected chi connectivity index (χ4v) is 5.37. The molecule has 4 rings (SSSR count). The van der Waals surface area contributed by atoms with Crippen LogP contribution in [0, 0.1) is 11.3 Å². The summed E-state index contributed by atoms with van der Waals surface area (Å²) in [5.41, 5.74) is 2.63. The Balaban J connectivity index is 1.85.